The summed E-state index contributed by atoms with van der Waals surface area (Å²) in [5.74, 6) is -1.41. The predicted molar refractivity (Wildman–Crippen MR) is 74.8 cm³/mol. The van der Waals surface area contributed by atoms with E-state index in [4.69, 9.17) is 5.11 Å². The highest BCUT2D eigenvalue weighted by Crippen LogP contribution is 2.23. The molecule has 0 aliphatic carbocycles. The van der Waals surface area contributed by atoms with Gasteiger partial charge < -0.3 is 5.11 Å². The van der Waals surface area contributed by atoms with E-state index in [-0.39, 0.29) is 10.6 Å². The molecule has 0 unspecified atom stereocenters. The Labute approximate surface area is 116 Å². The fourth-order valence-electron chi connectivity index (χ4n) is 1.78. The minimum Gasteiger partial charge on any atom is -0.505 e. The average molecular weight is 295 g/mol. The van der Waals surface area contributed by atoms with Crippen LogP contribution in [0, 0.1) is 19.7 Å². The number of aryl methyl sites for hydroxylation is 2. The van der Waals surface area contributed by atoms with Gasteiger partial charge in [-0.15, -0.1) is 0 Å². The van der Waals surface area contributed by atoms with Crippen LogP contribution in [0.4, 0.5) is 10.1 Å². The van der Waals surface area contributed by atoms with Crippen LogP contribution in [0.25, 0.3) is 0 Å². The molecule has 0 amide bonds. The van der Waals surface area contributed by atoms with E-state index in [0.29, 0.717) is 5.56 Å². The molecule has 6 heteroatoms. The summed E-state index contributed by atoms with van der Waals surface area (Å²) >= 11 is 0. The smallest absolute Gasteiger partial charge is 0.262 e. The van der Waals surface area contributed by atoms with Crippen LogP contribution in [0.3, 0.4) is 0 Å². The quantitative estimate of drug-likeness (QED) is 0.856. The van der Waals surface area contributed by atoms with Crippen LogP contribution >= 0.6 is 0 Å². The number of phenols is 1. The van der Waals surface area contributed by atoms with Gasteiger partial charge >= 0.3 is 0 Å². The molecule has 20 heavy (non-hydrogen) atoms. The van der Waals surface area contributed by atoms with E-state index in [1.165, 1.54) is 6.07 Å². The summed E-state index contributed by atoms with van der Waals surface area (Å²) in [5, 5.41) is 9.09. The van der Waals surface area contributed by atoms with Crippen LogP contribution in [-0.4, -0.2) is 13.5 Å². The Hall–Kier alpha value is -2.08. The Morgan fingerprint density at radius 2 is 1.80 bits per heavy atom. The van der Waals surface area contributed by atoms with Gasteiger partial charge in [-0.2, -0.15) is 0 Å². The first-order valence-electron chi connectivity index (χ1n) is 5.88. The number of rotatable bonds is 3. The van der Waals surface area contributed by atoms with Crippen molar-refractivity contribution in [1.29, 1.82) is 0 Å². The maximum atomic E-state index is 13.2. The van der Waals surface area contributed by atoms with E-state index in [1.807, 2.05) is 6.07 Å². The number of benzene rings is 2. The maximum absolute atomic E-state index is 13.2. The molecule has 2 aromatic carbocycles. The Morgan fingerprint density at radius 1 is 1.10 bits per heavy atom. The number of sulfonamides is 1. The van der Waals surface area contributed by atoms with E-state index in [1.54, 1.807) is 26.0 Å². The molecule has 0 heterocycles. The standard InChI is InChI=1S/C14H14FNO3S/c1-9-3-4-10(2)14(7-9)20(18,19)16-11-5-6-13(17)12(15)8-11/h3-8,16-17H,1-2H3. The second-order valence-corrected chi connectivity index (χ2v) is 6.19. The lowest BCUT2D eigenvalue weighted by Crippen LogP contribution is -2.14. The summed E-state index contributed by atoms with van der Waals surface area (Å²) in [6.45, 7) is 3.48. The van der Waals surface area contributed by atoms with Gasteiger partial charge in [-0.05, 0) is 43.2 Å². The number of hydrogen-bond acceptors (Lipinski definition) is 3. The van der Waals surface area contributed by atoms with Gasteiger partial charge in [0.15, 0.2) is 11.6 Å². The Balaban J connectivity index is 2.40. The number of anilines is 1. The molecule has 0 aliphatic heterocycles. The topological polar surface area (TPSA) is 66.4 Å². The molecule has 0 bridgehead atoms. The largest absolute Gasteiger partial charge is 0.505 e. The third-order valence-electron chi connectivity index (χ3n) is 2.83. The second-order valence-electron chi connectivity index (χ2n) is 4.54. The zero-order chi connectivity index (χ0) is 14.9. The first-order valence-corrected chi connectivity index (χ1v) is 7.36. The van der Waals surface area contributed by atoms with Gasteiger partial charge in [0, 0.05) is 6.07 Å². The molecule has 0 aromatic heterocycles. The van der Waals surface area contributed by atoms with Crippen molar-refractivity contribution in [3.63, 3.8) is 0 Å². The molecule has 2 N–H and O–H groups in total. The van der Waals surface area contributed by atoms with Gasteiger partial charge in [0.1, 0.15) is 0 Å². The molecule has 0 saturated heterocycles. The van der Waals surface area contributed by atoms with Crippen LogP contribution < -0.4 is 4.72 Å². The van der Waals surface area contributed by atoms with Gasteiger partial charge in [0.25, 0.3) is 10.0 Å². The lowest BCUT2D eigenvalue weighted by molar-refractivity contribution is 0.432. The monoisotopic (exact) mass is 295 g/mol. The Kier molecular flexibility index (Phi) is 3.67. The number of phenolic OH excluding ortho intramolecular Hbond substituents is 1. The molecular formula is C14H14FNO3S. The third-order valence-corrected chi connectivity index (χ3v) is 4.36. The number of hydrogen-bond donors (Lipinski definition) is 2. The zero-order valence-corrected chi connectivity index (χ0v) is 11.8. The normalized spacial score (nSPS) is 11.3. The SMILES string of the molecule is Cc1ccc(C)c(S(=O)(=O)Nc2ccc(O)c(F)c2)c1. The highest BCUT2D eigenvalue weighted by molar-refractivity contribution is 7.92. The minimum absolute atomic E-state index is 0.0567. The minimum atomic E-state index is -3.79. The number of halogens is 1. The summed E-state index contributed by atoms with van der Waals surface area (Å²) < 4.78 is 40.1. The van der Waals surface area contributed by atoms with Crippen molar-refractivity contribution in [1.82, 2.24) is 0 Å². The van der Waals surface area contributed by atoms with Crippen LogP contribution in [0.1, 0.15) is 11.1 Å². The van der Waals surface area contributed by atoms with E-state index in [0.717, 1.165) is 17.7 Å². The lowest BCUT2D eigenvalue weighted by Gasteiger charge is -2.11. The van der Waals surface area contributed by atoms with E-state index in [9.17, 15) is 12.8 Å². The van der Waals surface area contributed by atoms with Crippen molar-refractivity contribution in [2.75, 3.05) is 4.72 Å². The van der Waals surface area contributed by atoms with Crippen molar-refractivity contribution in [3.8, 4) is 5.75 Å². The van der Waals surface area contributed by atoms with Gasteiger partial charge in [-0.3, -0.25) is 4.72 Å². The fraction of sp³-hybridized carbons (Fsp3) is 0.143. The zero-order valence-electron chi connectivity index (χ0n) is 11.0. The molecule has 0 atom stereocenters. The second kappa shape index (κ2) is 5.13. The third kappa shape index (κ3) is 2.91. The average Bonchev–Trinajstić information content (AvgIpc) is 2.36. The Morgan fingerprint density at radius 3 is 2.45 bits per heavy atom. The summed E-state index contributed by atoms with van der Waals surface area (Å²) in [4.78, 5) is 0.144. The molecule has 106 valence electrons. The Bertz CT molecular complexity index is 757. The van der Waals surface area contributed by atoms with Gasteiger partial charge in [0.2, 0.25) is 0 Å². The summed E-state index contributed by atoms with van der Waals surface area (Å²) in [6, 6.07) is 8.39. The van der Waals surface area contributed by atoms with Crippen LogP contribution in [0.15, 0.2) is 41.3 Å². The van der Waals surface area contributed by atoms with Crippen molar-refractivity contribution < 1.29 is 17.9 Å². The molecule has 0 radical (unpaired) electrons. The van der Waals surface area contributed by atoms with Crippen molar-refractivity contribution in [2.45, 2.75) is 18.7 Å². The first-order chi connectivity index (χ1) is 9.29. The van der Waals surface area contributed by atoms with Gasteiger partial charge in [-0.25, -0.2) is 12.8 Å². The molecule has 0 saturated carbocycles. The first kappa shape index (κ1) is 14.3. The summed E-state index contributed by atoms with van der Waals surface area (Å²) in [7, 11) is -3.79. The number of nitrogens with one attached hydrogen (secondary N) is 1. The van der Waals surface area contributed by atoms with Crippen LogP contribution in [0.2, 0.25) is 0 Å². The van der Waals surface area contributed by atoms with Crippen molar-refractivity contribution >= 4 is 15.7 Å². The number of aromatic hydroxyl groups is 1. The van der Waals surface area contributed by atoms with Crippen LogP contribution in [0.5, 0.6) is 5.75 Å². The predicted octanol–water partition coefficient (Wildman–Crippen LogP) is 2.95. The van der Waals surface area contributed by atoms with Gasteiger partial charge in [-0.1, -0.05) is 12.1 Å². The summed E-state index contributed by atoms with van der Waals surface area (Å²) in [5.41, 5.74) is 1.47. The highest BCUT2D eigenvalue weighted by atomic mass is 32.2. The fourth-order valence-corrected chi connectivity index (χ4v) is 3.16. The van der Waals surface area contributed by atoms with E-state index >= 15 is 0 Å². The highest BCUT2D eigenvalue weighted by Gasteiger charge is 2.17. The summed E-state index contributed by atoms with van der Waals surface area (Å²) in [6.07, 6.45) is 0. The maximum Gasteiger partial charge on any atom is 0.262 e. The van der Waals surface area contributed by atoms with E-state index < -0.39 is 21.6 Å². The molecule has 0 aliphatic rings. The van der Waals surface area contributed by atoms with Crippen molar-refractivity contribution in [3.05, 3.63) is 53.3 Å². The lowest BCUT2D eigenvalue weighted by atomic mass is 10.2. The molecule has 0 spiro atoms. The molecule has 2 rings (SSSR count). The van der Waals surface area contributed by atoms with Crippen molar-refractivity contribution in [2.24, 2.45) is 0 Å². The van der Waals surface area contributed by atoms with Gasteiger partial charge in [0.05, 0.1) is 10.6 Å². The molecular weight excluding hydrogens is 281 g/mol. The van der Waals surface area contributed by atoms with E-state index in [2.05, 4.69) is 4.72 Å². The van der Waals surface area contributed by atoms with Crippen LogP contribution in [-0.2, 0) is 10.0 Å². The molecule has 2 aromatic rings. The molecule has 0 fully saturated rings. The molecule has 4 nitrogen and oxygen atoms in total.